The number of hydrogen-bond donors (Lipinski definition) is 1. The van der Waals surface area contributed by atoms with E-state index in [1.165, 1.54) is 4.90 Å². The molecule has 1 N–H and O–H groups in total. The van der Waals surface area contributed by atoms with Crippen LogP contribution in [-0.4, -0.2) is 40.8 Å². The summed E-state index contributed by atoms with van der Waals surface area (Å²) in [6.07, 6.45) is 2.99. The van der Waals surface area contributed by atoms with Gasteiger partial charge in [0, 0.05) is 18.9 Å². The molecule has 1 rings (SSSR count). The number of aliphatic hydroxyl groups excluding tert-OH is 1. The maximum Gasteiger partial charge on any atom is 0.410 e. The molecule has 0 spiro atoms. The van der Waals surface area contributed by atoms with Gasteiger partial charge < -0.3 is 14.7 Å². The number of carbonyl (C=O) groups is 1. The molecule has 1 aromatic rings. The fourth-order valence-corrected chi connectivity index (χ4v) is 1.36. The van der Waals surface area contributed by atoms with Crippen LogP contribution in [-0.2, 0) is 11.3 Å². The van der Waals surface area contributed by atoms with Crippen LogP contribution in [0, 0.1) is 11.3 Å². The summed E-state index contributed by atoms with van der Waals surface area (Å²) in [6, 6.07) is 5.59. The van der Waals surface area contributed by atoms with Gasteiger partial charge in [-0.05, 0) is 11.6 Å². The van der Waals surface area contributed by atoms with Crippen LogP contribution in [0.4, 0.5) is 4.79 Å². The minimum Gasteiger partial charge on any atom is -0.447 e. The van der Waals surface area contributed by atoms with Crippen molar-refractivity contribution in [3.8, 4) is 6.07 Å². The lowest BCUT2D eigenvalue weighted by atomic mass is 10.2. The Balaban J connectivity index is 2.60. The number of aromatic nitrogens is 1. The number of carbonyl (C=O) groups excluding carboxylic acids is 1. The summed E-state index contributed by atoms with van der Waals surface area (Å²) in [4.78, 5) is 17.0. The molecule has 0 aliphatic rings. The Hall–Kier alpha value is -2.13. The maximum atomic E-state index is 11.7. The fourth-order valence-electron chi connectivity index (χ4n) is 1.36. The van der Waals surface area contributed by atoms with E-state index >= 15 is 0 Å². The molecule has 0 aromatic carbocycles. The summed E-state index contributed by atoms with van der Waals surface area (Å²) in [5.74, 6) is 0. The van der Waals surface area contributed by atoms with Crippen molar-refractivity contribution in [2.75, 3.05) is 19.8 Å². The van der Waals surface area contributed by atoms with E-state index in [1.807, 2.05) is 12.1 Å². The summed E-state index contributed by atoms with van der Waals surface area (Å²) in [5, 5.41) is 17.2. The van der Waals surface area contributed by atoms with E-state index in [4.69, 9.17) is 15.1 Å². The molecular formula is C12H15N3O3. The van der Waals surface area contributed by atoms with Crippen molar-refractivity contribution in [1.82, 2.24) is 9.88 Å². The molecule has 1 heterocycles. The molecule has 0 atom stereocenters. The van der Waals surface area contributed by atoms with Crippen molar-refractivity contribution in [2.45, 2.75) is 13.0 Å². The first kappa shape index (κ1) is 13.9. The Morgan fingerprint density at radius 3 is 3.06 bits per heavy atom. The average molecular weight is 249 g/mol. The number of amides is 1. The molecule has 0 bridgehead atoms. The second-order valence-electron chi connectivity index (χ2n) is 3.53. The van der Waals surface area contributed by atoms with Crippen LogP contribution in [0.2, 0.25) is 0 Å². The van der Waals surface area contributed by atoms with Crippen molar-refractivity contribution in [3.63, 3.8) is 0 Å². The van der Waals surface area contributed by atoms with Crippen LogP contribution in [0.5, 0.6) is 0 Å². The first-order valence-corrected chi connectivity index (χ1v) is 5.56. The molecule has 0 aliphatic heterocycles. The number of aliphatic hydroxyl groups is 1. The molecule has 18 heavy (non-hydrogen) atoms. The Labute approximate surface area is 105 Å². The lowest BCUT2D eigenvalue weighted by molar-refractivity contribution is 0.0826. The van der Waals surface area contributed by atoms with E-state index in [1.54, 1.807) is 18.5 Å². The minimum absolute atomic E-state index is 0.0467. The molecule has 6 nitrogen and oxygen atoms in total. The van der Waals surface area contributed by atoms with Crippen molar-refractivity contribution in [2.24, 2.45) is 0 Å². The van der Waals surface area contributed by atoms with Crippen molar-refractivity contribution in [1.29, 1.82) is 5.26 Å². The van der Waals surface area contributed by atoms with Crippen LogP contribution < -0.4 is 0 Å². The van der Waals surface area contributed by atoms with E-state index in [9.17, 15) is 4.79 Å². The number of pyridine rings is 1. The molecule has 1 aromatic heterocycles. The van der Waals surface area contributed by atoms with Gasteiger partial charge in [-0.3, -0.25) is 4.98 Å². The zero-order chi connectivity index (χ0) is 13.2. The standard InChI is InChI=1S/C12H15N3O3/c13-4-2-6-15(12(17)18-8-7-16)10-11-3-1-5-14-9-11/h1,3,5,9,16H,2,6-8,10H2. The highest BCUT2D eigenvalue weighted by molar-refractivity contribution is 5.67. The quantitative estimate of drug-likeness (QED) is 0.810. The van der Waals surface area contributed by atoms with E-state index in [0.29, 0.717) is 6.54 Å². The number of rotatable bonds is 6. The summed E-state index contributed by atoms with van der Waals surface area (Å²) in [5.41, 5.74) is 0.858. The zero-order valence-electron chi connectivity index (χ0n) is 9.95. The third-order valence-corrected chi connectivity index (χ3v) is 2.16. The first-order valence-electron chi connectivity index (χ1n) is 5.56. The Kier molecular flexibility index (Phi) is 6.22. The van der Waals surface area contributed by atoms with Gasteiger partial charge >= 0.3 is 6.09 Å². The van der Waals surface area contributed by atoms with Gasteiger partial charge in [0.25, 0.3) is 0 Å². The van der Waals surface area contributed by atoms with Crippen LogP contribution in [0.15, 0.2) is 24.5 Å². The Morgan fingerprint density at radius 1 is 1.61 bits per heavy atom. The van der Waals surface area contributed by atoms with E-state index in [2.05, 4.69) is 4.98 Å². The van der Waals surface area contributed by atoms with E-state index < -0.39 is 6.09 Å². The van der Waals surface area contributed by atoms with Gasteiger partial charge in [-0.1, -0.05) is 6.07 Å². The van der Waals surface area contributed by atoms with Gasteiger partial charge in [-0.2, -0.15) is 5.26 Å². The Bertz CT molecular complexity index is 403. The highest BCUT2D eigenvalue weighted by Crippen LogP contribution is 2.05. The SMILES string of the molecule is N#CCCN(Cc1cccnc1)C(=O)OCCO. The van der Waals surface area contributed by atoms with Crippen molar-refractivity contribution >= 4 is 6.09 Å². The summed E-state index contributed by atoms with van der Waals surface area (Å²) in [7, 11) is 0. The molecule has 1 amide bonds. The number of ether oxygens (including phenoxy) is 1. The second kappa shape index (κ2) is 8.03. The summed E-state index contributed by atoms with van der Waals surface area (Å²) < 4.78 is 4.83. The normalized spacial score (nSPS) is 9.56. The highest BCUT2D eigenvalue weighted by atomic mass is 16.6. The second-order valence-corrected chi connectivity index (χ2v) is 3.53. The lowest BCUT2D eigenvalue weighted by Crippen LogP contribution is -2.32. The number of nitrogens with zero attached hydrogens (tertiary/aromatic N) is 3. The average Bonchev–Trinajstić information content (AvgIpc) is 2.42. The molecule has 96 valence electrons. The van der Waals surface area contributed by atoms with Gasteiger partial charge in [-0.15, -0.1) is 0 Å². The number of nitriles is 1. The van der Waals surface area contributed by atoms with Gasteiger partial charge in [0.05, 0.1) is 25.6 Å². The summed E-state index contributed by atoms with van der Waals surface area (Å²) >= 11 is 0. The minimum atomic E-state index is -0.539. The smallest absolute Gasteiger partial charge is 0.410 e. The third-order valence-electron chi connectivity index (χ3n) is 2.16. The molecule has 0 unspecified atom stereocenters. The van der Waals surface area contributed by atoms with Gasteiger partial charge in [0.15, 0.2) is 0 Å². The van der Waals surface area contributed by atoms with Gasteiger partial charge in [0.1, 0.15) is 6.61 Å². The topological polar surface area (TPSA) is 86.5 Å². The van der Waals surface area contributed by atoms with Crippen LogP contribution in [0.1, 0.15) is 12.0 Å². The van der Waals surface area contributed by atoms with E-state index in [0.717, 1.165) is 5.56 Å². The molecule has 0 saturated heterocycles. The third kappa shape index (κ3) is 4.80. The predicted molar refractivity (Wildman–Crippen MR) is 63.3 cm³/mol. The van der Waals surface area contributed by atoms with Crippen LogP contribution >= 0.6 is 0 Å². The number of hydrogen-bond acceptors (Lipinski definition) is 5. The zero-order valence-corrected chi connectivity index (χ0v) is 9.95. The maximum absolute atomic E-state index is 11.7. The lowest BCUT2D eigenvalue weighted by Gasteiger charge is -2.20. The molecule has 0 aliphatic carbocycles. The Morgan fingerprint density at radius 2 is 2.44 bits per heavy atom. The van der Waals surface area contributed by atoms with Gasteiger partial charge in [0.2, 0.25) is 0 Å². The van der Waals surface area contributed by atoms with E-state index in [-0.39, 0.29) is 26.2 Å². The van der Waals surface area contributed by atoms with Crippen molar-refractivity contribution in [3.05, 3.63) is 30.1 Å². The van der Waals surface area contributed by atoms with Gasteiger partial charge in [-0.25, -0.2) is 4.79 Å². The highest BCUT2D eigenvalue weighted by Gasteiger charge is 2.14. The van der Waals surface area contributed by atoms with Crippen molar-refractivity contribution < 1.29 is 14.6 Å². The fraction of sp³-hybridized carbons (Fsp3) is 0.417. The molecule has 6 heteroatoms. The van der Waals surface area contributed by atoms with Crippen LogP contribution in [0.3, 0.4) is 0 Å². The molecule has 0 fully saturated rings. The molecular weight excluding hydrogens is 234 g/mol. The van der Waals surface area contributed by atoms with Crippen LogP contribution in [0.25, 0.3) is 0 Å². The summed E-state index contributed by atoms with van der Waals surface area (Å²) in [6.45, 7) is 0.356. The first-order chi connectivity index (χ1) is 8.77. The monoisotopic (exact) mass is 249 g/mol. The molecule has 0 saturated carbocycles. The predicted octanol–water partition coefficient (Wildman–Crippen LogP) is 0.926. The largest absolute Gasteiger partial charge is 0.447 e. The molecule has 0 radical (unpaired) electrons.